The van der Waals surface area contributed by atoms with Gasteiger partial charge in [-0.1, -0.05) is 29.8 Å². The van der Waals surface area contributed by atoms with Crippen LogP contribution in [0.5, 0.6) is 0 Å². The highest BCUT2D eigenvalue weighted by atomic mass is 35.5. The van der Waals surface area contributed by atoms with Gasteiger partial charge in [0.15, 0.2) is 5.84 Å². The second kappa shape index (κ2) is 5.02. The van der Waals surface area contributed by atoms with Crippen molar-refractivity contribution in [3.05, 3.63) is 58.9 Å². The summed E-state index contributed by atoms with van der Waals surface area (Å²) < 4.78 is 0. The molecule has 2 aliphatic heterocycles. The topological polar surface area (TPSA) is 61.9 Å². The Morgan fingerprint density at radius 3 is 2.90 bits per heavy atom. The smallest absolute Gasteiger partial charge is 0.263 e. The number of amidine groups is 1. The van der Waals surface area contributed by atoms with Crippen LogP contribution in [0.3, 0.4) is 0 Å². The van der Waals surface area contributed by atoms with Crippen molar-refractivity contribution in [3.63, 3.8) is 0 Å². The first-order valence-electron chi connectivity index (χ1n) is 6.18. The van der Waals surface area contributed by atoms with Gasteiger partial charge in [-0.3, -0.25) is 4.79 Å². The van der Waals surface area contributed by atoms with E-state index in [1.165, 1.54) is 5.01 Å². The summed E-state index contributed by atoms with van der Waals surface area (Å²) in [6.45, 7) is 0.594. The summed E-state index contributed by atoms with van der Waals surface area (Å²) in [6.07, 6.45) is 5.27. The van der Waals surface area contributed by atoms with Crippen LogP contribution in [0.15, 0.2) is 53.4 Å². The summed E-state index contributed by atoms with van der Waals surface area (Å²) in [5.41, 5.74) is 7.18. The molecule has 0 unspecified atom stereocenters. The van der Waals surface area contributed by atoms with Crippen LogP contribution >= 0.6 is 11.6 Å². The number of nitrogens with zero attached hydrogens (tertiary/aromatic N) is 3. The Labute approximate surface area is 121 Å². The Hall–Kier alpha value is -2.27. The Balaban J connectivity index is 1.85. The van der Waals surface area contributed by atoms with Crippen LogP contribution < -0.4 is 5.73 Å². The van der Waals surface area contributed by atoms with E-state index in [9.17, 15) is 4.79 Å². The third-order valence-corrected chi connectivity index (χ3v) is 3.49. The number of amides is 1. The Morgan fingerprint density at radius 1 is 1.30 bits per heavy atom. The van der Waals surface area contributed by atoms with Gasteiger partial charge in [-0.2, -0.15) is 5.10 Å². The number of hydrogen-bond acceptors (Lipinski definition) is 4. The second-order valence-corrected chi connectivity index (χ2v) is 5.00. The molecule has 0 fully saturated rings. The first-order valence-corrected chi connectivity index (χ1v) is 6.56. The molecule has 102 valence electrons. The van der Waals surface area contributed by atoms with E-state index in [1.54, 1.807) is 29.3 Å². The lowest BCUT2D eigenvalue weighted by Crippen LogP contribution is -2.45. The van der Waals surface area contributed by atoms with Gasteiger partial charge in [0.05, 0.1) is 6.54 Å². The first-order chi connectivity index (χ1) is 9.63. The molecule has 0 atom stereocenters. The summed E-state index contributed by atoms with van der Waals surface area (Å²) in [5, 5.41) is 6.40. The van der Waals surface area contributed by atoms with Crippen molar-refractivity contribution < 1.29 is 4.79 Å². The van der Waals surface area contributed by atoms with Crippen LogP contribution in [0.25, 0.3) is 0 Å². The quantitative estimate of drug-likeness (QED) is 0.900. The van der Waals surface area contributed by atoms with Gasteiger partial charge in [-0.15, -0.1) is 0 Å². The summed E-state index contributed by atoms with van der Waals surface area (Å²) in [7, 11) is 0. The largest absolute Gasteiger partial charge is 0.398 e. The minimum Gasteiger partial charge on any atom is -0.398 e. The minimum atomic E-state index is -0.0898. The minimum absolute atomic E-state index is 0.0898. The van der Waals surface area contributed by atoms with Crippen molar-refractivity contribution in [2.24, 2.45) is 10.8 Å². The molecule has 1 aromatic carbocycles. The van der Waals surface area contributed by atoms with Crippen LogP contribution in [0.1, 0.15) is 5.56 Å². The molecule has 3 rings (SSSR count). The lowest BCUT2D eigenvalue weighted by atomic mass is 10.2. The van der Waals surface area contributed by atoms with Crippen LogP contribution in [0, 0.1) is 0 Å². The van der Waals surface area contributed by atoms with Gasteiger partial charge in [0.1, 0.15) is 6.54 Å². The molecule has 0 aliphatic carbocycles. The predicted octanol–water partition coefficient (Wildman–Crippen LogP) is 1.67. The molecule has 0 bridgehead atoms. The van der Waals surface area contributed by atoms with Crippen LogP contribution in [0.2, 0.25) is 5.02 Å². The normalized spacial score (nSPS) is 17.8. The van der Waals surface area contributed by atoms with Crippen LogP contribution in [0.4, 0.5) is 0 Å². The van der Waals surface area contributed by atoms with Gasteiger partial charge < -0.3 is 10.6 Å². The summed E-state index contributed by atoms with van der Waals surface area (Å²) in [5.74, 6) is 0.610. The zero-order valence-corrected chi connectivity index (χ0v) is 11.4. The lowest BCUT2D eigenvalue weighted by Gasteiger charge is -2.31. The third-order valence-electron chi connectivity index (χ3n) is 3.12. The van der Waals surface area contributed by atoms with Crippen molar-refractivity contribution in [1.82, 2.24) is 9.91 Å². The average molecular weight is 289 g/mol. The van der Waals surface area contributed by atoms with E-state index in [0.29, 0.717) is 23.1 Å². The van der Waals surface area contributed by atoms with E-state index < -0.39 is 0 Å². The number of rotatable bonds is 2. The highest BCUT2D eigenvalue weighted by Crippen LogP contribution is 2.20. The maximum Gasteiger partial charge on any atom is 0.263 e. The van der Waals surface area contributed by atoms with E-state index in [2.05, 4.69) is 5.10 Å². The fourth-order valence-electron chi connectivity index (χ4n) is 2.09. The van der Waals surface area contributed by atoms with Crippen LogP contribution in [-0.2, 0) is 11.3 Å². The van der Waals surface area contributed by atoms with Gasteiger partial charge in [-0.25, -0.2) is 5.01 Å². The Kier molecular flexibility index (Phi) is 3.20. The number of halogens is 1. The van der Waals surface area contributed by atoms with Gasteiger partial charge in [0.25, 0.3) is 5.91 Å². The van der Waals surface area contributed by atoms with E-state index in [0.717, 1.165) is 5.56 Å². The average Bonchev–Trinajstić information content (AvgIpc) is 2.42. The van der Waals surface area contributed by atoms with Gasteiger partial charge in [0.2, 0.25) is 0 Å². The lowest BCUT2D eigenvalue weighted by molar-refractivity contribution is -0.132. The molecule has 5 nitrogen and oxygen atoms in total. The highest BCUT2D eigenvalue weighted by molar-refractivity contribution is 6.31. The number of benzene rings is 1. The standard InChI is InChI=1S/C14H13ClN4O/c15-12-4-2-1-3-10(12)7-19-14(20)9-18-8-11(16)5-6-13(18)17-19/h1-6,8H,7,9,16H2. The fourth-order valence-corrected chi connectivity index (χ4v) is 2.29. The molecule has 1 aromatic rings. The van der Waals surface area contributed by atoms with E-state index in [-0.39, 0.29) is 12.5 Å². The van der Waals surface area contributed by atoms with Crippen molar-refractivity contribution in [3.8, 4) is 0 Å². The maximum atomic E-state index is 12.1. The Morgan fingerprint density at radius 2 is 2.10 bits per heavy atom. The fraction of sp³-hybridized carbons (Fsp3) is 0.143. The number of fused-ring (bicyclic) bond motifs is 1. The van der Waals surface area contributed by atoms with Crippen molar-refractivity contribution in [2.75, 3.05) is 6.54 Å². The molecule has 2 N–H and O–H groups in total. The molecule has 0 aromatic heterocycles. The molecule has 6 heteroatoms. The molecule has 0 spiro atoms. The van der Waals surface area contributed by atoms with Gasteiger partial charge >= 0.3 is 0 Å². The predicted molar refractivity (Wildman–Crippen MR) is 77.6 cm³/mol. The monoisotopic (exact) mass is 288 g/mol. The molecule has 0 radical (unpaired) electrons. The maximum absolute atomic E-state index is 12.1. The molecular weight excluding hydrogens is 276 g/mol. The Bertz CT molecular complexity index is 650. The second-order valence-electron chi connectivity index (χ2n) is 4.59. The zero-order chi connectivity index (χ0) is 14.1. The number of hydrazone groups is 1. The molecule has 0 saturated carbocycles. The number of hydrogen-bond donors (Lipinski definition) is 1. The van der Waals surface area contributed by atoms with Crippen LogP contribution in [-0.4, -0.2) is 28.2 Å². The van der Waals surface area contributed by atoms with E-state index >= 15 is 0 Å². The van der Waals surface area contributed by atoms with E-state index in [1.807, 2.05) is 18.2 Å². The van der Waals surface area contributed by atoms with E-state index in [4.69, 9.17) is 17.3 Å². The summed E-state index contributed by atoms with van der Waals surface area (Å²) in [6, 6.07) is 7.43. The molecule has 2 heterocycles. The highest BCUT2D eigenvalue weighted by Gasteiger charge is 2.26. The van der Waals surface area contributed by atoms with Gasteiger partial charge in [-0.05, 0) is 23.8 Å². The number of carbonyl (C=O) groups is 1. The third kappa shape index (κ3) is 2.40. The first kappa shape index (κ1) is 12.7. The molecule has 1 amide bonds. The number of nitrogens with two attached hydrogens (primary N) is 1. The zero-order valence-electron chi connectivity index (χ0n) is 10.7. The van der Waals surface area contributed by atoms with Crippen molar-refractivity contribution >= 4 is 23.3 Å². The molecule has 2 aliphatic rings. The molecule has 0 saturated heterocycles. The molecule has 20 heavy (non-hydrogen) atoms. The SMILES string of the molecule is NC1=CN2CC(=O)N(Cc3ccccc3Cl)N=C2C=C1. The summed E-state index contributed by atoms with van der Waals surface area (Å²) >= 11 is 6.11. The van der Waals surface area contributed by atoms with Gasteiger partial charge in [0, 0.05) is 16.9 Å². The summed E-state index contributed by atoms with van der Waals surface area (Å²) in [4.78, 5) is 13.8. The number of carbonyl (C=O) groups excluding carboxylic acids is 1. The van der Waals surface area contributed by atoms with Crippen molar-refractivity contribution in [2.45, 2.75) is 6.54 Å². The number of allylic oxidation sites excluding steroid dienone is 1. The van der Waals surface area contributed by atoms with Crippen molar-refractivity contribution in [1.29, 1.82) is 0 Å². The molecular formula is C14H13ClN4O.